The van der Waals surface area contributed by atoms with Gasteiger partial charge in [-0.05, 0) is 61.1 Å². The van der Waals surface area contributed by atoms with Gasteiger partial charge in [-0.15, -0.1) is 0 Å². The number of para-hydroxylation sites is 1. The van der Waals surface area contributed by atoms with Crippen LogP contribution < -0.4 is 15.8 Å². The number of nitrogens with zero attached hydrogens (tertiary/aromatic N) is 1. The summed E-state index contributed by atoms with van der Waals surface area (Å²) in [6.07, 6.45) is 2.79. The quantitative estimate of drug-likeness (QED) is 0.662. The molecule has 6 heteroatoms. The summed E-state index contributed by atoms with van der Waals surface area (Å²) in [6.45, 7) is 5.73. The predicted molar refractivity (Wildman–Crippen MR) is 118 cm³/mol. The minimum atomic E-state index is -0.272. The van der Waals surface area contributed by atoms with Crippen molar-refractivity contribution in [1.29, 1.82) is 0 Å². The molecule has 30 heavy (non-hydrogen) atoms. The summed E-state index contributed by atoms with van der Waals surface area (Å²) in [6, 6.07) is 15.3. The minimum absolute atomic E-state index is 0.0481. The number of nitrogens with one attached hydrogen (secondary N) is 1. The first-order valence-corrected chi connectivity index (χ1v) is 10.6. The van der Waals surface area contributed by atoms with Gasteiger partial charge >= 0.3 is 0 Å². The molecular formula is C24H31N3O3. The highest BCUT2D eigenvalue weighted by Crippen LogP contribution is 2.28. The van der Waals surface area contributed by atoms with Gasteiger partial charge in [0.1, 0.15) is 5.75 Å². The van der Waals surface area contributed by atoms with Gasteiger partial charge in [0, 0.05) is 12.2 Å². The summed E-state index contributed by atoms with van der Waals surface area (Å²) in [5, 5.41) is 2.90. The van der Waals surface area contributed by atoms with Crippen LogP contribution in [-0.2, 0) is 16.1 Å². The maximum atomic E-state index is 12.4. The van der Waals surface area contributed by atoms with E-state index in [4.69, 9.17) is 10.5 Å². The molecule has 0 radical (unpaired) electrons. The first kappa shape index (κ1) is 21.8. The number of hydrogen-bond donors (Lipinski definition) is 2. The van der Waals surface area contributed by atoms with Gasteiger partial charge in [0.25, 0.3) is 5.91 Å². The van der Waals surface area contributed by atoms with E-state index in [1.54, 1.807) is 0 Å². The molecule has 1 aliphatic rings. The van der Waals surface area contributed by atoms with Gasteiger partial charge in [-0.25, -0.2) is 0 Å². The number of benzene rings is 2. The Bertz CT molecular complexity index is 884. The molecule has 3 N–H and O–H groups in total. The fraction of sp³-hybridized carbons (Fsp3) is 0.417. The second kappa shape index (κ2) is 10.3. The molecule has 0 spiro atoms. The van der Waals surface area contributed by atoms with Gasteiger partial charge in [-0.2, -0.15) is 0 Å². The van der Waals surface area contributed by atoms with E-state index in [0.717, 1.165) is 42.7 Å². The lowest BCUT2D eigenvalue weighted by Crippen LogP contribution is -2.39. The number of carbonyl (C=O) groups excluding carboxylic acids is 2. The molecule has 1 aliphatic heterocycles. The summed E-state index contributed by atoms with van der Waals surface area (Å²) in [4.78, 5) is 26.1. The van der Waals surface area contributed by atoms with Gasteiger partial charge < -0.3 is 15.8 Å². The van der Waals surface area contributed by atoms with E-state index >= 15 is 0 Å². The van der Waals surface area contributed by atoms with Crippen LogP contribution in [0.1, 0.15) is 50.2 Å². The van der Waals surface area contributed by atoms with Gasteiger partial charge in [-0.3, -0.25) is 14.5 Å². The Balaban J connectivity index is 1.57. The summed E-state index contributed by atoms with van der Waals surface area (Å²) in [5.74, 6) is 0.645. The Kier molecular flexibility index (Phi) is 7.46. The molecule has 0 aliphatic carbocycles. The van der Waals surface area contributed by atoms with Crippen molar-refractivity contribution in [3.05, 3.63) is 59.7 Å². The van der Waals surface area contributed by atoms with Crippen LogP contribution in [0.3, 0.4) is 0 Å². The number of ether oxygens (including phenoxy) is 1. The van der Waals surface area contributed by atoms with E-state index in [1.807, 2.05) is 48.5 Å². The molecule has 0 bridgehead atoms. The van der Waals surface area contributed by atoms with E-state index in [0.29, 0.717) is 18.2 Å². The predicted octanol–water partition coefficient (Wildman–Crippen LogP) is 3.67. The Morgan fingerprint density at radius 3 is 2.80 bits per heavy atom. The standard InChI is InChI=1S/C24H31N3O3/c1-3-17(2)20-10-4-5-12-22(20)30-16-23(28)26-19-9-6-8-18(14-19)15-27-13-7-11-21(27)24(25)29/h4-6,8-10,12,14,17,21H,3,7,11,13,15-16H2,1-2H3,(H2,25,29)(H,26,28). The number of carbonyl (C=O) groups is 2. The molecule has 1 heterocycles. The second-order valence-corrected chi connectivity index (χ2v) is 7.92. The molecule has 3 rings (SSSR count). The molecule has 1 fully saturated rings. The second-order valence-electron chi connectivity index (χ2n) is 7.92. The molecule has 2 aromatic carbocycles. The number of likely N-dealkylation sites (tertiary alicyclic amines) is 1. The first-order valence-electron chi connectivity index (χ1n) is 10.6. The van der Waals surface area contributed by atoms with Gasteiger partial charge in [0.15, 0.2) is 6.61 Å². The van der Waals surface area contributed by atoms with E-state index < -0.39 is 0 Å². The zero-order valence-electron chi connectivity index (χ0n) is 17.8. The van der Waals surface area contributed by atoms with Crippen molar-refractivity contribution in [3.63, 3.8) is 0 Å². The maximum absolute atomic E-state index is 12.4. The average molecular weight is 410 g/mol. The zero-order valence-corrected chi connectivity index (χ0v) is 17.8. The zero-order chi connectivity index (χ0) is 21.5. The van der Waals surface area contributed by atoms with Crippen LogP contribution in [-0.4, -0.2) is 35.9 Å². The monoisotopic (exact) mass is 409 g/mol. The topological polar surface area (TPSA) is 84.7 Å². The van der Waals surface area contributed by atoms with Crippen molar-refractivity contribution in [3.8, 4) is 5.75 Å². The Hall–Kier alpha value is -2.86. The third-order valence-corrected chi connectivity index (χ3v) is 5.71. The normalized spacial score (nSPS) is 17.5. The lowest BCUT2D eigenvalue weighted by Gasteiger charge is -2.22. The van der Waals surface area contributed by atoms with E-state index in [-0.39, 0.29) is 24.5 Å². The van der Waals surface area contributed by atoms with Crippen molar-refractivity contribution in [2.24, 2.45) is 5.73 Å². The number of primary amides is 1. The number of nitrogens with two attached hydrogens (primary N) is 1. The fourth-order valence-electron chi connectivity index (χ4n) is 3.90. The van der Waals surface area contributed by atoms with E-state index in [2.05, 4.69) is 24.1 Å². The van der Waals surface area contributed by atoms with Crippen LogP contribution >= 0.6 is 0 Å². The molecule has 160 valence electrons. The Morgan fingerprint density at radius 1 is 1.23 bits per heavy atom. The molecular weight excluding hydrogens is 378 g/mol. The number of anilines is 1. The SMILES string of the molecule is CCC(C)c1ccccc1OCC(=O)Nc1cccc(CN2CCCC2C(N)=O)c1. The largest absolute Gasteiger partial charge is 0.483 e. The fourth-order valence-corrected chi connectivity index (χ4v) is 3.90. The molecule has 1 saturated heterocycles. The third-order valence-electron chi connectivity index (χ3n) is 5.71. The average Bonchev–Trinajstić information content (AvgIpc) is 3.20. The summed E-state index contributed by atoms with van der Waals surface area (Å²) >= 11 is 0. The smallest absolute Gasteiger partial charge is 0.262 e. The highest BCUT2D eigenvalue weighted by molar-refractivity contribution is 5.92. The molecule has 2 atom stereocenters. The lowest BCUT2D eigenvalue weighted by molar-refractivity contribution is -0.122. The Morgan fingerprint density at radius 2 is 2.03 bits per heavy atom. The summed E-state index contributed by atoms with van der Waals surface area (Å²) in [7, 11) is 0. The van der Waals surface area contributed by atoms with Crippen molar-refractivity contribution in [2.45, 2.75) is 51.6 Å². The molecule has 6 nitrogen and oxygen atoms in total. The van der Waals surface area contributed by atoms with Crippen molar-refractivity contribution >= 4 is 17.5 Å². The molecule has 2 aromatic rings. The highest BCUT2D eigenvalue weighted by Gasteiger charge is 2.28. The van der Waals surface area contributed by atoms with E-state index in [1.165, 1.54) is 0 Å². The molecule has 2 unspecified atom stereocenters. The summed E-state index contributed by atoms with van der Waals surface area (Å²) < 4.78 is 5.80. The lowest BCUT2D eigenvalue weighted by atomic mass is 9.98. The number of hydrogen-bond acceptors (Lipinski definition) is 4. The van der Waals surface area contributed by atoms with Gasteiger partial charge in [-0.1, -0.05) is 44.2 Å². The van der Waals surface area contributed by atoms with Crippen LogP contribution in [0.25, 0.3) is 0 Å². The van der Waals surface area contributed by atoms with Gasteiger partial charge in [0.2, 0.25) is 5.91 Å². The van der Waals surface area contributed by atoms with Crippen molar-refractivity contribution < 1.29 is 14.3 Å². The maximum Gasteiger partial charge on any atom is 0.262 e. The molecule has 0 saturated carbocycles. The van der Waals surface area contributed by atoms with Crippen molar-refractivity contribution in [1.82, 2.24) is 4.90 Å². The van der Waals surface area contributed by atoms with Crippen molar-refractivity contribution in [2.75, 3.05) is 18.5 Å². The minimum Gasteiger partial charge on any atom is -0.483 e. The van der Waals surface area contributed by atoms with Crippen LogP contribution in [0.2, 0.25) is 0 Å². The summed E-state index contributed by atoms with van der Waals surface area (Å²) in [5.41, 5.74) is 8.37. The van der Waals surface area contributed by atoms with Crippen LogP contribution in [0.4, 0.5) is 5.69 Å². The highest BCUT2D eigenvalue weighted by atomic mass is 16.5. The first-order chi connectivity index (χ1) is 14.5. The Labute approximate surface area is 178 Å². The third kappa shape index (κ3) is 5.60. The van der Waals surface area contributed by atoms with Crippen LogP contribution in [0.5, 0.6) is 5.75 Å². The number of rotatable bonds is 9. The van der Waals surface area contributed by atoms with Crippen LogP contribution in [0, 0.1) is 0 Å². The number of amides is 2. The molecule has 0 aromatic heterocycles. The van der Waals surface area contributed by atoms with E-state index in [9.17, 15) is 9.59 Å². The molecule has 2 amide bonds. The van der Waals surface area contributed by atoms with Gasteiger partial charge in [0.05, 0.1) is 6.04 Å². The van der Waals surface area contributed by atoms with Crippen LogP contribution in [0.15, 0.2) is 48.5 Å².